The first-order chi connectivity index (χ1) is 11.8. The van der Waals surface area contributed by atoms with Gasteiger partial charge in [0.25, 0.3) is 0 Å². The van der Waals surface area contributed by atoms with Gasteiger partial charge in [-0.05, 0) is 32.8 Å². The van der Waals surface area contributed by atoms with Crippen molar-refractivity contribution < 1.29 is 19.1 Å². The Labute approximate surface area is 148 Å². The summed E-state index contributed by atoms with van der Waals surface area (Å²) >= 11 is 0. The van der Waals surface area contributed by atoms with Crippen molar-refractivity contribution in [1.29, 1.82) is 0 Å². The summed E-state index contributed by atoms with van der Waals surface area (Å²) in [5.41, 5.74) is 0.494. The number of fused-ring (bicyclic) bond motifs is 1. The quantitative estimate of drug-likeness (QED) is 0.825. The Kier molecular flexibility index (Phi) is 4.88. The number of hydrogen-bond donors (Lipinski definition) is 0. The molecule has 25 heavy (non-hydrogen) atoms. The van der Waals surface area contributed by atoms with Crippen molar-refractivity contribution in [1.82, 2.24) is 9.80 Å². The lowest BCUT2D eigenvalue weighted by atomic mass is 9.83. The number of carbonyl (C=O) groups excluding carboxylic acids is 2. The van der Waals surface area contributed by atoms with Crippen LogP contribution in [0, 0.1) is 5.92 Å². The topological polar surface area (TPSA) is 59.1 Å². The fourth-order valence-electron chi connectivity index (χ4n) is 3.36. The number of piperidine rings is 1. The predicted molar refractivity (Wildman–Crippen MR) is 93.0 cm³/mol. The summed E-state index contributed by atoms with van der Waals surface area (Å²) in [7, 11) is 0. The molecule has 2 amide bonds. The minimum atomic E-state index is -0.485. The number of hydrogen-bond acceptors (Lipinski definition) is 4. The second-order valence-corrected chi connectivity index (χ2v) is 7.74. The Bertz CT molecular complexity index is 626. The molecule has 2 aliphatic rings. The first-order valence-electron chi connectivity index (χ1n) is 8.79. The van der Waals surface area contributed by atoms with E-state index in [2.05, 4.69) is 0 Å². The van der Waals surface area contributed by atoms with Crippen LogP contribution in [0.5, 0.6) is 0 Å². The van der Waals surface area contributed by atoms with E-state index in [1.54, 1.807) is 9.80 Å². The van der Waals surface area contributed by atoms with Gasteiger partial charge in [0.15, 0.2) is 0 Å². The molecule has 0 spiro atoms. The average molecular weight is 346 g/mol. The summed E-state index contributed by atoms with van der Waals surface area (Å²) in [4.78, 5) is 27.9. The molecule has 0 aliphatic carbocycles. The van der Waals surface area contributed by atoms with Crippen molar-refractivity contribution >= 4 is 12.2 Å². The fourth-order valence-corrected chi connectivity index (χ4v) is 3.36. The van der Waals surface area contributed by atoms with Crippen LogP contribution in [0.3, 0.4) is 0 Å². The molecule has 1 aromatic rings. The van der Waals surface area contributed by atoms with Gasteiger partial charge in [-0.3, -0.25) is 0 Å². The summed E-state index contributed by atoms with van der Waals surface area (Å²) < 4.78 is 10.8. The molecular weight excluding hydrogens is 320 g/mol. The molecule has 2 saturated heterocycles. The molecule has 2 atom stereocenters. The number of amides is 2. The van der Waals surface area contributed by atoms with Gasteiger partial charge in [0, 0.05) is 31.6 Å². The average Bonchev–Trinajstić information content (AvgIpc) is 2.53. The molecule has 6 heteroatoms. The van der Waals surface area contributed by atoms with Gasteiger partial charge in [0.2, 0.25) is 0 Å². The molecule has 2 heterocycles. The van der Waals surface area contributed by atoms with Gasteiger partial charge in [0.05, 0.1) is 0 Å². The molecule has 0 N–H and O–H groups in total. The fraction of sp³-hybridized carbons (Fsp3) is 0.579. The third kappa shape index (κ3) is 4.24. The van der Waals surface area contributed by atoms with E-state index in [4.69, 9.17) is 9.47 Å². The van der Waals surface area contributed by atoms with E-state index in [0.29, 0.717) is 25.6 Å². The molecule has 0 aromatic heterocycles. The van der Waals surface area contributed by atoms with Gasteiger partial charge in [0.1, 0.15) is 12.2 Å². The molecule has 3 rings (SSSR count). The van der Waals surface area contributed by atoms with Crippen LogP contribution < -0.4 is 0 Å². The highest BCUT2D eigenvalue weighted by molar-refractivity contribution is 5.70. The van der Waals surface area contributed by atoms with Crippen LogP contribution >= 0.6 is 0 Å². The highest BCUT2D eigenvalue weighted by atomic mass is 16.6. The number of likely N-dealkylation sites (tertiary alicyclic amines) is 2. The van der Waals surface area contributed by atoms with Crippen molar-refractivity contribution in [3.8, 4) is 0 Å². The predicted octanol–water partition coefficient (Wildman–Crippen LogP) is 3.26. The number of nitrogens with zero attached hydrogens (tertiary/aromatic N) is 2. The first-order valence-corrected chi connectivity index (χ1v) is 8.79. The maximum absolute atomic E-state index is 12.3. The maximum Gasteiger partial charge on any atom is 0.410 e. The molecule has 2 fully saturated rings. The molecule has 0 unspecified atom stereocenters. The van der Waals surface area contributed by atoms with Crippen LogP contribution in [0.2, 0.25) is 0 Å². The third-order valence-electron chi connectivity index (χ3n) is 4.62. The van der Waals surface area contributed by atoms with E-state index in [0.717, 1.165) is 12.0 Å². The minimum Gasteiger partial charge on any atom is -0.445 e. The lowest BCUT2D eigenvalue weighted by Crippen LogP contribution is -2.65. The molecule has 0 bridgehead atoms. The Morgan fingerprint density at radius 2 is 1.84 bits per heavy atom. The van der Waals surface area contributed by atoms with Crippen LogP contribution in [0.4, 0.5) is 9.59 Å². The van der Waals surface area contributed by atoms with Crippen molar-refractivity contribution in [3.05, 3.63) is 35.9 Å². The lowest BCUT2D eigenvalue weighted by Gasteiger charge is -2.52. The molecule has 0 saturated carbocycles. The monoisotopic (exact) mass is 346 g/mol. The summed E-state index contributed by atoms with van der Waals surface area (Å²) in [5, 5.41) is 0. The van der Waals surface area contributed by atoms with E-state index >= 15 is 0 Å². The Hall–Kier alpha value is -2.24. The van der Waals surface area contributed by atoms with Crippen LogP contribution in [-0.4, -0.2) is 53.3 Å². The van der Waals surface area contributed by atoms with Crippen molar-refractivity contribution in [2.75, 3.05) is 19.6 Å². The summed E-state index contributed by atoms with van der Waals surface area (Å²) in [6.45, 7) is 7.78. The Morgan fingerprint density at radius 1 is 1.12 bits per heavy atom. The van der Waals surface area contributed by atoms with Crippen molar-refractivity contribution in [3.63, 3.8) is 0 Å². The summed E-state index contributed by atoms with van der Waals surface area (Å²) in [6.07, 6.45) is 0.233. The zero-order chi connectivity index (χ0) is 18.0. The van der Waals surface area contributed by atoms with E-state index in [1.807, 2.05) is 51.1 Å². The van der Waals surface area contributed by atoms with Crippen LogP contribution in [0.25, 0.3) is 0 Å². The standard InChI is InChI=1S/C19H26N2O4/c1-19(2,3)25-17(22)20-10-9-16-15(11-20)12-21(16)18(23)24-13-14-7-5-4-6-8-14/h4-8,15-16H,9-13H2,1-3H3/t15-,16+/m1/s1. The normalized spacial score (nSPS) is 22.7. The Morgan fingerprint density at radius 3 is 2.48 bits per heavy atom. The second kappa shape index (κ2) is 6.94. The molecule has 6 nitrogen and oxygen atoms in total. The van der Waals surface area contributed by atoms with E-state index in [9.17, 15) is 9.59 Å². The smallest absolute Gasteiger partial charge is 0.410 e. The molecule has 1 aromatic carbocycles. The van der Waals surface area contributed by atoms with Crippen LogP contribution in [0.1, 0.15) is 32.8 Å². The van der Waals surface area contributed by atoms with Gasteiger partial charge in [-0.25, -0.2) is 9.59 Å². The van der Waals surface area contributed by atoms with E-state index < -0.39 is 5.60 Å². The van der Waals surface area contributed by atoms with Crippen molar-refractivity contribution in [2.24, 2.45) is 5.92 Å². The van der Waals surface area contributed by atoms with Gasteiger partial charge in [-0.1, -0.05) is 30.3 Å². The highest BCUT2D eigenvalue weighted by Crippen LogP contribution is 2.33. The molecule has 2 aliphatic heterocycles. The van der Waals surface area contributed by atoms with E-state index in [-0.39, 0.29) is 24.8 Å². The second-order valence-electron chi connectivity index (χ2n) is 7.74. The molecular formula is C19H26N2O4. The SMILES string of the molecule is CC(C)(C)OC(=O)N1CC[C@H]2[C@H](C1)CN2C(=O)OCc1ccccc1. The van der Waals surface area contributed by atoms with Gasteiger partial charge in [-0.15, -0.1) is 0 Å². The first kappa shape index (κ1) is 17.6. The summed E-state index contributed by atoms with van der Waals surface area (Å²) in [5.74, 6) is 0.311. The molecule has 136 valence electrons. The molecule has 0 radical (unpaired) electrons. The largest absolute Gasteiger partial charge is 0.445 e. The third-order valence-corrected chi connectivity index (χ3v) is 4.62. The lowest BCUT2D eigenvalue weighted by molar-refractivity contribution is -0.0463. The van der Waals surface area contributed by atoms with Crippen LogP contribution in [0.15, 0.2) is 30.3 Å². The van der Waals surface area contributed by atoms with Gasteiger partial charge < -0.3 is 19.3 Å². The number of carbonyl (C=O) groups is 2. The van der Waals surface area contributed by atoms with Crippen molar-refractivity contribution in [2.45, 2.75) is 45.4 Å². The number of rotatable bonds is 2. The number of benzene rings is 1. The zero-order valence-corrected chi connectivity index (χ0v) is 15.1. The minimum absolute atomic E-state index is 0.168. The maximum atomic E-state index is 12.3. The highest BCUT2D eigenvalue weighted by Gasteiger charge is 2.47. The zero-order valence-electron chi connectivity index (χ0n) is 15.1. The van der Waals surface area contributed by atoms with Gasteiger partial charge >= 0.3 is 12.2 Å². The van der Waals surface area contributed by atoms with E-state index in [1.165, 1.54) is 0 Å². The van der Waals surface area contributed by atoms with Crippen LogP contribution in [-0.2, 0) is 16.1 Å². The summed E-state index contributed by atoms with van der Waals surface area (Å²) in [6, 6.07) is 9.83. The Balaban J connectivity index is 1.46. The number of ether oxygens (including phenoxy) is 2. The van der Waals surface area contributed by atoms with Gasteiger partial charge in [-0.2, -0.15) is 0 Å².